The number of anilines is 3. The third-order valence-electron chi connectivity index (χ3n) is 6.45. The fourth-order valence-electron chi connectivity index (χ4n) is 4.27. The van der Waals surface area contributed by atoms with E-state index in [0.717, 1.165) is 24.0 Å². The zero-order valence-electron chi connectivity index (χ0n) is 20.7. The summed E-state index contributed by atoms with van der Waals surface area (Å²) in [5.41, 5.74) is 4.81. The zero-order chi connectivity index (χ0) is 26.3. The molecule has 5 rings (SSSR count). The summed E-state index contributed by atoms with van der Waals surface area (Å²) in [7, 11) is -4.10. The summed E-state index contributed by atoms with van der Waals surface area (Å²) in [4.78, 5) is 17.6. The Morgan fingerprint density at radius 2 is 1.76 bits per heavy atom. The number of hydrogen-bond acceptors (Lipinski definition) is 5. The predicted octanol–water partition coefficient (Wildman–Crippen LogP) is 6.43. The monoisotopic (exact) mass is 518 g/mol. The molecule has 0 bridgehead atoms. The van der Waals surface area contributed by atoms with Crippen LogP contribution in [0.5, 0.6) is 0 Å². The van der Waals surface area contributed by atoms with Crippen LogP contribution in [0, 0.1) is 26.6 Å². The average Bonchev–Trinajstić information content (AvgIpc) is 3.69. The van der Waals surface area contributed by atoms with Crippen molar-refractivity contribution in [2.75, 3.05) is 10.6 Å². The van der Waals surface area contributed by atoms with Gasteiger partial charge in [0.15, 0.2) is 0 Å². The maximum absolute atomic E-state index is 14.3. The second-order valence-electron chi connectivity index (χ2n) is 9.46. The Labute approximate surface area is 215 Å². The molecule has 3 aromatic carbocycles. The van der Waals surface area contributed by atoms with Gasteiger partial charge < -0.3 is 10.6 Å². The van der Waals surface area contributed by atoms with E-state index in [9.17, 15) is 17.6 Å². The number of aromatic nitrogens is 1. The van der Waals surface area contributed by atoms with Gasteiger partial charge in [-0.05, 0) is 87.1 Å². The van der Waals surface area contributed by atoms with Gasteiger partial charge in [-0.2, -0.15) is 0 Å². The SMILES string of the molecule is Cc1ccc2nc(C)c(NC(=O)NS(=O)(=O)c3cccc(C4CC4)c3)c(Nc3ccc(C)c(F)c3)c2c1. The van der Waals surface area contributed by atoms with Crippen LogP contribution >= 0.6 is 0 Å². The molecule has 0 atom stereocenters. The number of amides is 2. The Kier molecular flexibility index (Phi) is 6.33. The molecular weight excluding hydrogens is 491 g/mol. The fourth-order valence-corrected chi connectivity index (χ4v) is 5.23. The fraction of sp³-hybridized carbons (Fsp3) is 0.214. The molecule has 4 aromatic rings. The average molecular weight is 519 g/mol. The molecule has 0 spiro atoms. The van der Waals surface area contributed by atoms with Crippen molar-refractivity contribution in [2.45, 2.75) is 44.4 Å². The highest BCUT2D eigenvalue weighted by Gasteiger charge is 2.26. The molecule has 0 saturated heterocycles. The number of nitrogens with zero attached hydrogens (tertiary/aromatic N) is 1. The van der Waals surface area contributed by atoms with Crippen LogP contribution in [0.4, 0.5) is 26.2 Å². The first-order valence-corrected chi connectivity index (χ1v) is 13.5. The van der Waals surface area contributed by atoms with Crippen molar-refractivity contribution >= 4 is 44.0 Å². The van der Waals surface area contributed by atoms with Crippen LogP contribution in [-0.4, -0.2) is 19.4 Å². The van der Waals surface area contributed by atoms with Crippen LogP contribution in [0.25, 0.3) is 10.9 Å². The minimum Gasteiger partial charge on any atom is -0.353 e. The second kappa shape index (κ2) is 9.48. The van der Waals surface area contributed by atoms with Crippen LogP contribution < -0.4 is 15.4 Å². The molecule has 0 unspecified atom stereocenters. The van der Waals surface area contributed by atoms with E-state index in [1.54, 1.807) is 38.1 Å². The Morgan fingerprint density at radius 3 is 2.49 bits per heavy atom. The number of halogens is 1. The maximum atomic E-state index is 14.3. The van der Waals surface area contributed by atoms with Gasteiger partial charge >= 0.3 is 6.03 Å². The number of urea groups is 1. The quantitative estimate of drug-likeness (QED) is 0.273. The summed E-state index contributed by atoms with van der Waals surface area (Å²) in [5.74, 6) is 0.00189. The number of fused-ring (bicyclic) bond motifs is 1. The third-order valence-corrected chi connectivity index (χ3v) is 7.77. The van der Waals surface area contributed by atoms with Crippen molar-refractivity contribution in [1.29, 1.82) is 0 Å². The smallest absolute Gasteiger partial charge is 0.333 e. The number of rotatable bonds is 6. The highest BCUT2D eigenvalue weighted by molar-refractivity contribution is 7.90. The standard InChI is InChI=1S/C28H27FN4O3S/c1-16-7-12-25-23(13-16)27(31-21-11-8-17(2)24(29)15-21)26(18(3)30-25)32-28(34)33-37(35,36)22-6-4-5-20(14-22)19-9-10-19/h4-8,11-15,19H,9-10H2,1-3H3,(H,30,31)(H2,32,33,34). The van der Waals surface area contributed by atoms with E-state index in [2.05, 4.69) is 20.3 Å². The molecule has 2 amide bonds. The lowest BCUT2D eigenvalue weighted by Crippen LogP contribution is -2.34. The number of carbonyl (C=O) groups excluding carboxylic acids is 1. The van der Waals surface area contributed by atoms with E-state index in [4.69, 9.17) is 0 Å². The predicted molar refractivity (Wildman–Crippen MR) is 143 cm³/mol. The Bertz CT molecular complexity index is 1650. The first kappa shape index (κ1) is 24.7. The van der Waals surface area contributed by atoms with Crippen LogP contribution in [-0.2, 0) is 10.0 Å². The van der Waals surface area contributed by atoms with Crippen molar-refractivity contribution in [1.82, 2.24) is 9.71 Å². The molecule has 1 aliphatic carbocycles. The molecule has 0 aliphatic heterocycles. The summed E-state index contributed by atoms with van der Waals surface area (Å²) >= 11 is 0. The lowest BCUT2D eigenvalue weighted by atomic mass is 10.1. The normalized spacial score (nSPS) is 13.4. The van der Waals surface area contributed by atoms with Gasteiger partial charge in [0.1, 0.15) is 5.82 Å². The molecule has 1 fully saturated rings. The minimum absolute atomic E-state index is 0.0320. The van der Waals surface area contributed by atoms with Gasteiger partial charge in [0, 0.05) is 11.1 Å². The van der Waals surface area contributed by atoms with Crippen LogP contribution in [0.15, 0.2) is 65.6 Å². The summed E-state index contributed by atoms with van der Waals surface area (Å²) in [6.45, 7) is 5.31. The van der Waals surface area contributed by atoms with Crippen molar-refractivity contribution in [3.8, 4) is 0 Å². The number of pyridine rings is 1. The lowest BCUT2D eigenvalue weighted by Gasteiger charge is -2.19. The summed E-state index contributed by atoms with van der Waals surface area (Å²) in [6, 6.07) is 16.2. The Hall–Kier alpha value is -3.98. The highest BCUT2D eigenvalue weighted by Crippen LogP contribution is 2.40. The molecule has 190 valence electrons. The van der Waals surface area contributed by atoms with Gasteiger partial charge in [-0.15, -0.1) is 0 Å². The number of aryl methyl sites for hydroxylation is 3. The Morgan fingerprint density at radius 1 is 0.973 bits per heavy atom. The zero-order valence-corrected chi connectivity index (χ0v) is 21.5. The van der Waals surface area contributed by atoms with Gasteiger partial charge in [-0.25, -0.2) is 22.3 Å². The van der Waals surface area contributed by atoms with Gasteiger partial charge in [0.2, 0.25) is 0 Å². The number of sulfonamides is 1. The summed E-state index contributed by atoms with van der Waals surface area (Å²) < 4.78 is 42.3. The molecule has 1 aliphatic rings. The molecule has 37 heavy (non-hydrogen) atoms. The van der Waals surface area contributed by atoms with Crippen molar-refractivity contribution in [3.63, 3.8) is 0 Å². The van der Waals surface area contributed by atoms with Crippen LogP contribution in [0.3, 0.4) is 0 Å². The molecule has 1 aromatic heterocycles. The van der Waals surface area contributed by atoms with Gasteiger partial charge in [-0.3, -0.25) is 4.98 Å². The number of benzene rings is 3. The molecule has 0 radical (unpaired) electrons. The first-order valence-electron chi connectivity index (χ1n) is 12.0. The van der Waals surface area contributed by atoms with E-state index < -0.39 is 16.1 Å². The summed E-state index contributed by atoms with van der Waals surface area (Å²) in [5, 5.41) is 6.57. The highest BCUT2D eigenvalue weighted by atomic mass is 32.2. The van der Waals surface area contributed by atoms with Crippen molar-refractivity contribution in [2.24, 2.45) is 0 Å². The molecule has 3 N–H and O–H groups in total. The maximum Gasteiger partial charge on any atom is 0.333 e. The van der Waals surface area contributed by atoms with E-state index in [-0.39, 0.29) is 10.7 Å². The number of nitrogens with one attached hydrogen (secondary N) is 3. The summed E-state index contributed by atoms with van der Waals surface area (Å²) in [6.07, 6.45) is 2.07. The van der Waals surface area contributed by atoms with E-state index >= 15 is 0 Å². The molecule has 7 nitrogen and oxygen atoms in total. The van der Waals surface area contributed by atoms with Crippen molar-refractivity contribution < 1.29 is 17.6 Å². The van der Waals surface area contributed by atoms with E-state index in [1.807, 2.05) is 31.2 Å². The third kappa shape index (κ3) is 5.27. The van der Waals surface area contributed by atoms with Crippen molar-refractivity contribution in [3.05, 3.63) is 88.9 Å². The molecule has 9 heteroatoms. The van der Waals surface area contributed by atoms with Gasteiger partial charge in [0.05, 0.1) is 27.5 Å². The lowest BCUT2D eigenvalue weighted by molar-refractivity contribution is 0.256. The van der Waals surface area contributed by atoms with E-state index in [0.29, 0.717) is 45.1 Å². The Balaban J connectivity index is 1.49. The number of carbonyl (C=O) groups is 1. The van der Waals surface area contributed by atoms with Gasteiger partial charge in [-0.1, -0.05) is 29.8 Å². The van der Waals surface area contributed by atoms with Crippen LogP contribution in [0.1, 0.15) is 41.1 Å². The molecule has 1 heterocycles. The van der Waals surface area contributed by atoms with E-state index in [1.165, 1.54) is 12.1 Å². The first-order chi connectivity index (χ1) is 17.6. The largest absolute Gasteiger partial charge is 0.353 e. The van der Waals surface area contributed by atoms with Gasteiger partial charge in [0.25, 0.3) is 10.0 Å². The number of hydrogen-bond donors (Lipinski definition) is 3. The van der Waals surface area contributed by atoms with Crippen LogP contribution in [0.2, 0.25) is 0 Å². The molecule has 1 saturated carbocycles. The topological polar surface area (TPSA) is 100 Å². The minimum atomic E-state index is -4.10. The second-order valence-corrected chi connectivity index (χ2v) is 11.1. The molecular formula is C28H27FN4O3S.